The van der Waals surface area contributed by atoms with Crippen molar-refractivity contribution >= 4 is 5.91 Å². The fourth-order valence-electron chi connectivity index (χ4n) is 3.10. The number of benzene rings is 1. The van der Waals surface area contributed by atoms with E-state index in [0.717, 1.165) is 19.4 Å². The predicted octanol–water partition coefficient (Wildman–Crippen LogP) is 1.62. The molecule has 1 unspecified atom stereocenters. The van der Waals surface area contributed by atoms with E-state index in [1.165, 1.54) is 17.5 Å². The van der Waals surface area contributed by atoms with Gasteiger partial charge in [-0.1, -0.05) is 24.3 Å². The maximum absolute atomic E-state index is 12.2. The summed E-state index contributed by atoms with van der Waals surface area (Å²) in [5, 5.41) is 0. The third-order valence-electron chi connectivity index (χ3n) is 3.96. The number of nitrogens with two attached hydrogens (primary N) is 1. The lowest BCUT2D eigenvalue weighted by Crippen LogP contribution is -2.46. The maximum atomic E-state index is 12.2. The first kappa shape index (κ1) is 10.8. The Labute approximate surface area is 102 Å². The van der Waals surface area contributed by atoms with E-state index in [0.29, 0.717) is 6.42 Å². The molecule has 3 heteroatoms. The highest BCUT2D eigenvalue weighted by Gasteiger charge is 2.35. The van der Waals surface area contributed by atoms with Crippen LogP contribution in [0.5, 0.6) is 0 Å². The molecule has 0 bridgehead atoms. The third-order valence-corrected chi connectivity index (χ3v) is 3.96. The molecule has 1 fully saturated rings. The van der Waals surface area contributed by atoms with E-state index >= 15 is 0 Å². The summed E-state index contributed by atoms with van der Waals surface area (Å²) in [4.78, 5) is 14.2. The van der Waals surface area contributed by atoms with Crippen LogP contribution in [-0.4, -0.2) is 23.4 Å². The Bertz CT molecular complexity index is 444. The molecule has 17 heavy (non-hydrogen) atoms. The van der Waals surface area contributed by atoms with Crippen LogP contribution in [0.25, 0.3) is 0 Å². The van der Waals surface area contributed by atoms with Crippen molar-refractivity contribution in [3.05, 3.63) is 35.4 Å². The zero-order valence-electron chi connectivity index (χ0n) is 9.93. The SMILES string of the molecule is N[C@H]1Cc2ccccc2C2CCCCN2C1=O. The number of carbonyl (C=O) groups is 1. The van der Waals surface area contributed by atoms with E-state index in [9.17, 15) is 4.79 Å². The van der Waals surface area contributed by atoms with Crippen LogP contribution in [0, 0.1) is 0 Å². The van der Waals surface area contributed by atoms with Crippen molar-refractivity contribution in [1.82, 2.24) is 4.90 Å². The zero-order valence-corrected chi connectivity index (χ0v) is 9.93. The average Bonchev–Trinajstić information content (AvgIpc) is 2.48. The first-order valence-corrected chi connectivity index (χ1v) is 6.41. The van der Waals surface area contributed by atoms with Crippen LogP contribution in [0.1, 0.15) is 36.4 Å². The summed E-state index contributed by atoms with van der Waals surface area (Å²) in [6.45, 7) is 0.867. The lowest BCUT2D eigenvalue weighted by Gasteiger charge is -2.35. The fourth-order valence-corrected chi connectivity index (χ4v) is 3.10. The Balaban J connectivity index is 2.07. The molecule has 0 aromatic heterocycles. The molecule has 90 valence electrons. The van der Waals surface area contributed by atoms with Crippen LogP contribution in [0.4, 0.5) is 0 Å². The Morgan fingerprint density at radius 3 is 2.94 bits per heavy atom. The minimum absolute atomic E-state index is 0.130. The van der Waals surface area contributed by atoms with Crippen molar-refractivity contribution in [1.29, 1.82) is 0 Å². The third kappa shape index (κ3) is 1.75. The van der Waals surface area contributed by atoms with Crippen LogP contribution in [0.15, 0.2) is 24.3 Å². The van der Waals surface area contributed by atoms with Gasteiger partial charge in [0.2, 0.25) is 5.91 Å². The summed E-state index contributed by atoms with van der Waals surface area (Å²) in [6.07, 6.45) is 4.08. The largest absolute Gasteiger partial charge is 0.334 e. The number of amides is 1. The van der Waals surface area contributed by atoms with Gasteiger partial charge in [-0.2, -0.15) is 0 Å². The monoisotopic (exact) mass is 230 g/mol. The van der Waals surface area contributed by atoms with Crippen LogP contribution in [-0.2, 0) is 11.2 Å². The van der Waals surface area contributed by atoms with E-state index in [1.807, 2.05) is 11.0 Å². The highest BCUT2D eigenvalue weighted by atomic mass is 16.2. The summed E-state index contributed by atoms with van der Waals surface area (Å²) >= 11 is 0. The molecule has 0 aliphatic carbocycles. The van der Waals surface area contributed by atoms with E-state index in [4.69, 9.17) is 5.73 Å². The van der Waals surface area contributed by atoms with Crippen molar-refractivity contribution in [3.63, 3.8) is 0 Å². The minimum Gasteiger partial charge on any atom is -0.334 e. The van der Waals surface area contributed by atoms with Gasteiger partial charge in [-0.15, -0.1) is 0 Å². The second-order valence-corrected chi connectivity index (χ2v) is 5.05. The lowest BCUT2D eigenvalue weighted by molar-refractivity contribution is -0.136. The van der Waals surface area contributed by atoms with Gasteiger partial charge in [0, 0.05) is 6.54 Å². The topological polar surface area (TPSA) is 46.3 Å². The first-order valence-electron chi connectivity index (χ1n) is 6.41. The summed E-state index contributed by atoms with van der Waals surface area (Å²) in [6, 6.07) is 8.27. The second-order valence-electron chi connectivity index (χ2n) is 5.05. The Kier molecular flexibility index (Phi) is 2.63. The first-order chi connectivity index (χ1) is 8.27. The molecule has 1 amide bonds. The van der Waals surface area contributed by atoms with Gasteiger partial charge in [-0.25, -0.2) is 0 Å². The number of nitrogens with zero attached hydrogens (tertiary/aromatic N) is 1. The molecular weight excluding hydrogens is 212 g/mol. The molecule has 2 aliphatic heterocycles. The summed E-state index contributed by atoms with van der Waals surface area (Å²) < 4.78 is 0. The molecule has 3 rings (SSSR count). The molecule has 0 spiro atoms. The molecule has 0 saturated carbocycles. The van der Waals surface area contributed by atoms with Crippen molar-refractivity contribution in [3.8, 4) is 0 Å². The molecule has 2 N–H and O–H groups in total. The van der Waals surface area contributed by atoms with Gasteiger partial charge < -0.3 is 10.6 Å². The van der Waals surface area contributed by atoms with Gasteiger partial charge >= 0.3 is 0 Å². The van der Waals surface area contributed by atoms with Crippen molar-refractivity contribution in [2.45, 2.75) is 37.8 Å². The van der Waals surface area contributed by atoms with E-state index in [1.54, 1.807) is 0 Å². The van der Waals surface area contributed by atoms with E-state index < -0.39 is 0 Å². The Morgan fingerprint density at radius 1 is 1.24 bits per heavy atom. The lowest BCUT2D eigenvalue weighted by atomic mass is 9.92. The minimum atomic E-state index is -0.362. The molecule has 0 radical (unpaired) electrons. The standard InChI is InChI=1S/C14H18N2O/c15-12-9-10-5-1-2-6-11(10)13-7-3-4-8-16(13)14(12)17/h1-2,5-6,12-13H,3-4,7-9,15H2/t12-,13?/m0/s1. The maximum Gasteiger partial charge on any atom is 0.240 e. The fraction of sp³-hybridized carbons (Fsp3) is 0.500. The molecule has 2 atom stereocenters. The number of hydrogen-bond acceptors (Lipinski definition) is 2. The number of rotatable bonds is 0. The van der Waals surface area contributed by atoms with Gasteiger partial charge in [0.15, 0.2) is 0 Å². The predicted molar refractivity (Wildman–Crippen MR) is 66.4 cm³/mol. The smallest absolute Gasteiger partial charge is 0.240 e. The molecule has 3 nitrogen and oxygen atoms in total. The molecular formula is C14H18N2O. The van der Waals surface area contributed by atoms with Gasteiger partial charge in [-0.3, -0.25) is 4.79 Å². The van der Waals surface area contributed by atoms with Crippen LogP contribution in [0.2, 0.25) is 0 Å². The summed E-state index contributed by atoms with van der Waals surface area (Å²) in [5.41, 5.74) is 8.57. The molecule has 1 saturated heterocycles. The highest BCUT2D eigenvalue weighted by Crippen LogP contribution is 2.35. The average molecular weight is 230 g/mol. The Hall–Kier alpha value is -1.35. The quantitative estimate of drug-likeness (QED) is 0.736. The van der Waals surface area contributed by atoms with Crippen molar-refractivity contribution in [2.24, 2.45) is 5.73 Å². The molecule has 1 aromatic carbocycles. The second kappa shape index (κ2) is 4.15. The van der Waals surface area contributed by atoms with Crippen molar-refractivity contribution in [2.75, 3.05) is 6.54 Å². The molecule has 2 heterocycles. The zero-order chi connectivity index (χ0) is 11.8. The van der Waals surface area contributed by atoms with E-state index in [-0.39, 0.29) is 18.0 Å². The highest BCUT2D eigenvalue weighted by molar-refractivity contribution is 5.83. The van der Waals surface area contributed by atoms with Crippen LogP contribution < -0.4 is 5.73 Å². The van der Waals surface area contributed by atoms with Gasteiger partial charge in [0.05, 0.1) is 12.1 Å². The number of piperidine rings is 1. The van der Waals surface area contributed by atoms with Gasteiger partial charge in [0.1, 0.15) is 0 Å². The van der Waals surface area contributed by atoms with Gasteiger partial charge in [-0.05, 0) is 36.8 Å². The van der Waals surface area contributed by atoms with Crippen LogP contribution in [0.3, 0.4) is 0 Å². The number of carbonyl (C=O) groups excluding carboxylic acids is 1. The van der Waals surface area contributed by atoms with Gasteiger partial charge in [0.25, 0.3) is 0 Å². The number of hydrogen-bond donors (Lipinski definition) is 1. The summed E-state index contributed by atoms with van der Waals surface area (Å²) in [7, 11) is 0. The van der Waals surface area contributed by atoms with E-state index in [2.05, 4.69) is 18.2 Å². The molecule has 1 aromatic rings. The number of fused-ring (bicyclic) bond motifs is 3. The van der Waals surface area contributed by atoms with Crippen LogP contribution >= 0.6 is 0 Å². The molecule has 2 aliphatic rings. The van der Waals surface area contributed by atoms with Crippen molar-refractivity contribution < 1.29 is 4.79 Å². The Morgan fingerprint density at radius 2 is 2.06 bits per heavy atom. The summed E-state index contributed by atoms with van der Waals surface area (Å²) in [5.74, 6) is 0.130. The normalized spacial score (nSPS) is 28.3.